The SMILES string of the molecule is CCCCCC(NC(=O)Cc1ccccc1O)c1ccccc1. The number of aromatic hydroxyl groups is 1. The van der Waals surface area contributed by atoms with E-state index in [1.165, 1.54) is 6.42 Å². The zero-order valence-electron chi connectivity index (χ0n) is 13.7. The molecule has 0 spiro atoms. The Morgan fingerprint density at radius 3 is 2.43 bits per heavy atom. The molecule has 0 aliphatic carbocycles. The fraction of sp³-hybridized carbons (Fsp3) is 0.350. The highest BCUT2D eigenvalue weighted by Gasteiger charge is 2.15. The maximum atomic E-state index is 12.4. The maximum absolute atomic E-state index is 12.4. The molecule has 23 heavy (non-hydrogen) atoms. The van der Waals surface area contributed by atoms with Gasteiger partial charge in [-0.2, -0.15) is 0 Å². The minimum atomic E-state index is -0.0585. The number of amides is 1. The highest BCUT2D eigenvalue weighted by atomic mass is 16.3. The molecule has 0 fully saturated rings. The van der Waals surface area contributed by atoms with Gasteiger partial charge in [-0.15, -0.1) is 0 Å². The molecule has 0 saturated carbocycles. The normalized spacial score (nSPS) is 11.9. The van der Waals surface area contributed by atoms with Crippen LogP contribution in [0, 0.1) is 0 Å². The van der Waals surface area contributed by atoms with Gasteiger partial charge in [0.1, 0.15) is 5.75 Å². The third-order valence-electron chi connectivity index (χ3n) is 3.98. The van der Waals surface area contributed by atoms with E-state index in [4.69, 9.17) is 0 Å². The van der Waals surface area contributed by atoms with Crippen LogP contribution >= 0.6 is 0 Å². The number of hydrogen-bond donors (Lipinski definition) is 2. The van der Waals surface area contributed by atoms with Gasteiger partial charge in [0.25, 0.3) is 0 Å². The Labute approximate surface area is 138 Å². The Morgan fingerprint density at radius 1 is 1.04 bits per heavy atom. The number of unbranched alkanes of at least 4 members (excludes halogenated alkanes) is 2. The number of benzene rings is 2. The van der Waals surface area contributed by atoms with E-state index < -0.39 is 0 Å². The molecule has 2 rings (SSSR count). The van der Waals surface area contributed by atoms with Gasteiger partial charge >= 0.3 is 0 Å². The van der Waals surface area contributed by atoms with E-state index in [9.17, 15) is 9.90 Å². The van der Waals surface area contributed by atoms with Gasteiger partial charge in [-0.25, -0.2) is 0 Å². The Morgan fingerprint density at radius 2 is 1.74 bits per heavy atom. The molecule has 0 bridgehead atoms. The monoisotopic (exact) mass is 311 g/mol. The van der Waals surface area contributed by atoms with Gasteiger partial charge in [0.15, 0.2) is 0 Å². The van der Waals surface area contributed by atoms with Crippen molar-refractivity contribution in [3.8, 4) is 5.75 Å². The summed E-state index contributed by atoms with van der Waals surface area (Å²) in [6.45, 7) is 2.17. The summed E-state index contributed by atoms with van der Waals surface area (Å²) in [6.07, 6.45) is 4.55. The lowest BCUT2D eigenvalue weighted by Crippen LogP contribution is -2.30. The summed E-state index contributed by atoms with van der Waals surface area (Å²) < 4.78 is 0. The van der Waals surface area contributed by atoms with E-state index in [0.29, 0.717) is 5.56 Å². The molecule has 1 atom stereocenters. The van der Waals surface area contributed by atoms with Crippen molar-refractivity contribution < 1.29 is 9.90 Å². The van der Waals surface area contributed by atoms with Crippen molar-refractivity contribution in [2.45, 2.75) is 45.1 Å². The molecule has 2 aromatic carbocycles. The summed E-state index contributed by atoms with van der Waals surface area (Å²) in [6, 6.07) is 17.1. The second kappa shape index (κ2) is 8.99. The molecular formula is C20H25NO2. The van der Waals surface area contributed by atoms with Gasteiger partial charge in [-0.1, -0.05) is 74.7 Å². The number of para-hydroxylation sites is 1. The molecular weight excluding hydrogens is 286 g/mol. The van der Waals surface area contributed by atoms with Crippen molar-refractivity contribution in [1.29, 1.82) is 0 Å². The lowest BCUT2D eigenvalue weighted by molar-refractivity contribution is -0.121. The van der Waals surface area contributed by atoms with Gasteiger partial charge in [0.2, 0.25) is 5.91 Å². The van der Waals surface area contributed by atoms with Crippen molar-refractivity contribution in [3.63, 3.8) is 0 Å². The summed E-state index contributed by atoms with van der Waals surface area (Å²) in [5, 5.41) is 12.9. The van der Waals surface area contributed by atoms with Crippen LogP contribution in [0.1, 0.15) is 49.8 Å². The van der Waals surface area contributed by atoms with Crippen LogP contribution in [-0.4, -0.2) is 11.0 Å². The largest absolute Gasteiger partial charge is 0.508 e. The van der Waals surface area contributed by atoms with Crippen LogP contribution in [0.5, 0.6) is 5.75 Å². The quantitative estimate of drug-likeness (QED) is 0.711. The number of phenols is 1. The number of rotatable bonds is 8. The molecule has 2 aromatic rings. The second-order valence-electron chi connectivity index (χ2n) is 5.83. The first-order valence-corrected chi connectivity index (χ1v) is 8.32. The number of carbonyl (C=O) groups excluding carboxylic acids is 1. The summed E-state index contributed by atoms with van der Waals surface area (Å²) in [5.74, 6) is 0.113. The van der Waals surface area contributed by atoms with Crippen molar-refractivity contribution in [3.05, 3.63) is 65.7 Å². The molecule has 3 nitrogen and oxygen atoms in total. The summed E-state index contributed by atoms with van der Waals surface area (Å²) in [4.78, 5) is 12.4. The highest BCUT2D eigenvalue weighted by molar-refractivity contribution is 5.79. The number of nitrogens with one attached hydrogen (secondary N) is 1. The standard InChI is InChI=1S/C20H25NO2/c1-2-3-5-13-18(16-10-6-4-7-11-16)21-20(23)15-17-12-8-9-14-19(17)22/h4,6-12,14,18,22H,2-3,5,13,15H2,1H3,(H,21,23). The Hall–Kier alpha value is -2.29. The Bertz CT molecular complexity index is 610. The first kappa shape index (κ1) is 17.1. The third kappa shape index (κ3) is 5.44. The van der Waals surface area contributed by atoms with Gasteiger partial charge in [0, 0.05) is 5.56 Å². The van der Waals surface area contributed by atoms with Crippen LogP contribution in [0.2, 0.25) is 0 Å². The predicted octanol–water partition coefficient (Wildman–Crippen LogP) is 4.37. The van der Waals surface area contributed by atoms with Crippen LogP contribution in [0.25, 0.3) is 0 Å². The molecule has 2 N–H and O–H groups in total. The first-order chi connectivity index (χ1) is 11.2. The van der Waals surface area contributed by atoms with Crippen LogP contribution in [-0.2, 0) is 11.2 Å². The number of hydrogen-bond acceptors (Lipinski definition) is 2. The summed E-state index contributed by atoms with van der Waals surface area (Å²) in [7, 11) is 0. The second-order valence-corrected chi connectivity index (χ2v) is 5.83. The summed E-state index contributed by atoms with van der Waals surface area (Å²) in [5.41, 5.74) is 1.79. The van der Waals surface area contributed by atoms with Gasteiger partial charge in [-0.3, -0.25) is 4.79 Å². The average molecular weight is 311 g/mol. The fourth-order valence-electron chi connectivity index (χ4n) is 2.68. The molecule has 0 saturated heterocycles. The van der Waals surface area contributed by atoms with Gasteiger partial charge < -0.3 is 10.4 Å². The molecule has 0 aliphatic heterocycles. The third-order valence-corrected chi connectivity index (χ3v) is 3.98. The minimum absolute atomic E-state index is 0.0288. The van der Waals surface area contributed by atoms with Crippen LogP contribution in [0.4, 0.5) is 0 Å². The zero-order chi connectivity index (χ0) is 16.5. The fourth-order valence-corrected chi connectivity index (χ4v) is 2.68. The van der Waals surface area contributed by atoms with E-state index in [2.05, 4.69) is 24.4 Å². The highest BCUT2D eigenvalue weighted by Crippen LogP contribution is 2.21. The van der Waals surface area contributed by atoms with Crippen LogP contribution < -0.4 is 5.32 Å². The Balaban J connectivity index is 2.01. The van der Waals surface area contributed by atoms with Crippen LogP contribution in [0.15, 0.2) is 54.6 Å². The van der Waals surface area contributed by atoms with Crippen molar-refractivity contribution in [1.82, 2.24) is 5.32 Å². The molecule has 1 unspecified atom stereocenters. The Kier molecular flexibility index (Phi) is 6.67. The lowest BCUT2D eigenvalue weighted by atomic mass is 10.00. The predicted molar refractivity (Wildman–Crippen MR) is 93.3 cm³/mol. The molecule has 1 amide bonds. The maximum Gasteiger partial charge on any atom is 0.225 e. The van der Waals surface area contributed by atoms with E-state index in [1.54, 1.807) is 18.2 Å². The van der Waals surface area contributed by atoms with E-state index in [1.807, 2.05) is 24.3 Å². The average Bonchev–Trinajstić information content (AvgIpc) is 2.57. The van der Waals surface area contributed by atoms with Crippen LogP contribution in [0.3, 0.4) is 0 Å². The van der Waals surface area contributed by atoms with Gasteiger partial charge in [-0.05, 0) is 18.1 Å². The topological polar surface area (TPSA) is 49.3 Å². The van der Waals surface area contributed by atoms with Crippen molar-refractivity contribution >= 4 is 5.91 Å². The summed E-state index contributed by atoms with van der Waals surface area (Å²) >= 11 is 0. The molecule has 0 heterocycles. The minimum Gasteiger partial charge on any atom is -0.508 e. The van der Waals surface area contributed by atoms with E-state index in [-0.39, 0.29) is 24.1 Å². The molecule has 0 radical (unpaired) electrons. The molecule has 122 valence electrons. The molecule has 3 heteroatoms. The van der Waals surface area contributed by atoms with E-state index >= 15 is 0 Å². The molecule has 0 aliphatic rings. The molecule has 0 aromatic heterocycles. The van der Waals surface area contributed by atoms with Crippen molar-refractivity contribution in [2.75, 3.05) is 0 Å². The van der Waals surface area contributed by atoms with Gasteiger partial charge in [0.05, 0.1) is 12.5 Å². The van der Waals surface area contributed by atoms with Crippen molar-refractivity contribution in [2.24, 2.45) is 0 Å². The smallest absolute Gasteiger partial charge is 0.225 e. The number of carbonyl (C=O) groups is 1. The lowest BCUT2D eigenvalue weighted by Gasteiger charge is -2.19. The number of phenolic OH excluding ortho intramolecular Hbond substituents is 1. The van der Waals surface area contributed by atoms with E-state index in [0.717, 1.165) is 24.8 Å². The zero-order valence-corrected chi connectivity index (χ0v) is 13.7. The first-order valence-electron chi connectivity index (χ1n) is 8.32.